The van der Waals surface area contributed by atoms with E-state index < -0.39 is 35.2 Å². The number of carbonyl (C=O) groups is 4. The van der Waals surface area contributed by atoms with Crippen LogP contribution in [0.3, 0.4) is 0 Å². The molecule has 2 rings (SSSR count). The van der Waals surface area contributed by atoms with Crippen LogP contribution in [0.2, 0.25) is 0 Å². The molecule has 0 aliphatic carbocycles. The lowest BCUT2D eigenvalue weighted by Gasteiger charge is -2.40. The minimum absolute atomic E-state index is 0.00155. The van der Waals surface area contributed by atoms with Crippen LogP contribution in [0.1, 0.15) is 38.8 Å². The van der Waals surface area contributed by atoms with E-state index in [9.17, 15) is 29.4 Å². The fourth-order valence-corrected chi connectivity index (χ4v) is 2.83. The molecule has 31 heavy (non-hydrogen) atoms. The number of nitrogens with one attached hydrogen (secondary N) is 1. The molecule has 2 aromatic carbocycles. The zero-order chi connectivity index (χ0) is 23.4. The standard InChI is InChI=1S/C22H23NO8/c1-13-5-9-15(10-6-13)17(24)30-21(3,19(26)27)22(23-4,20(28)29)31-18(25)16-11-7-14(2)8-12-16/h5-12,23H,1-4H3,(H,26,27)(H,28,29)/t21?,22-/m1/s1. The number of hydrogen-bond acceptors (Lipinski definition) is 7. The van der Waals surface area contributed by atoms with Gasteiger partial charge < -0.3 is 19.7 Å². The lowest BCUT2D eigenvalue weighted by atomic mass is 9.91. The number of likely N-dealkylation sites (N-methyl/N-ethyl adjacent to an activating group) is 1. The maximum Gasteiger partial charge on any atom is 0.369 e. The lowest BCUT2D eigenvalue weighted by Crippen LogP contribution is -2.72. The van der Waals surface area contributed by atoms with Gasteiger partial charge in [0.15, 0.2) is 0 Å². The molecule has 9 heteroatoms. The molecule has 0 aliphatic rings. The number of rotatable bonds is 8. The van der Waals surface area contributed by atoms with Crippen molar-refractivity contribution in [2.24, 2.45) is 0 Å². The van der Waals surface area contributed by atoms with E-state index in [2.05, 4.69) is 5.32 Å². The van der Waals surface area contributed by atoms with Gasteiger partial charge in [-0.05, 0) is 52.1 Å². The predicted octanol–water partition coefficient (Wildman–Crippen LogP) is 2.16. The van der Waals surface area contributed by atoms with Crippen LogP contribution in [-0.4, -0.2) is 52.5 Å². The largest absolute Gasteiger partial charge is 0.478 e. The Hall–Kier alpha value is -3.72. The van der Waals surface area contributed by atoms with Gasteiger partial charge in [0.25, 0.3) is 5.60 Å². The summed E-state index contributed by atoms with van der Waals surface area (Å²) in [7, 11) is 1.08. The Morgan fingerprint density at radius 3 is 1.45 bits per heavy atom. The van der Waals surface area contributed by atoms with E-state index in [0.717, 1.165) is 25.1 Å². The molecule has 0 heterocycles. The van der Waals surface area contributed by atoms with Crippen molar-refractivity contribution in [3.05, 3.63) is 70.8 Å². The first-order valence-corrected chi connectivity index (χ1v) is 9.22. The summed E-state index contributed by atoms with van der Waals surface area (Å²) in [5.41, 5.74) is -4.07. The molecule has 0 saturated heterocycles. The van der Waals surface area contributed by atoms with E-state index in [1.165, 1.54) is 24.3 Å². The summed E-state index contributed by atoms with van der Waals surface area (Å²) < 4.78 is 10.3. The average molecular weight is 429 g/mol. The number of hydrogen-bond donors (Lipinski definition) is 3. The first-order valence-electron chi connectivity index (χ1n) is 9.22. The molecule has 0 radical (unpaired) electrons. The fraction of sp³-hybridized carbons (Fsp3) is 0.273. The number of carboxylic acids is 2. The van der Waals surface area contributed by atoms with E-state index in [1.54, 1.807) is 38.1 Å². The van der Waals surface area contributed by atoms with Crippen molar-refractivity contribution >= 4 is 23.9 Å². The fourth-order valence-electron chi connectivity index (χ4n) is 2.83. The Bertz CT molecular complexity index is 999. The Kier molecular flexibility index (Phi) is 6.81. The maximum absolute atomic E-state index is 12.6. The highest BCUT2D eigenvalue weighted by Gasteiger charge is 2.65. The molecule has 0 fully saturated rings. The number of aliphatic carboxylic acids is 2. The van der Waals surface area contributed by atoms with Crippen molar-refractivity contribution in [3.8, 4) is 0 Å². The van der Waals surface area contributed by atoms with Gasteiger partial charge in [-0.2, -0.15) is 0 Å². The van der Waals surface area contributed by atoms with Crippen molar-refractivity contribution in [3.63, 3.8) is 0 Å². The molecule has 0 aromatic heterocycles. The Labute approximate surface area is 178 Å². The molecule has 1 unspecified atom stereocenters. The van der Waals surface area contributed by atoms with Gasteiger partial charge in [0, 0.05) is 0 Å². The van der Waals surface area contributed by atoms with Crippen LogP contribution in [0.4, 0.5) is 0 Å². The second-order valence-electron chi connectivity index (χ2n) is 7.09. The minimum atomic E-state index is -2.93. The van der Waals surface area contributed by atoms with Crippen LogP contribution < -0.4 is 5.32 Å². The van der Waals surface area contributed by atoms with Crippen molar-refractivity contribution in [2.75, 3.05) is 7.05 Å². The number of aryl methyl sites for hydroxylation is 2. The van der Waals surface area contributed by atoms with Gasteiger partial charge in [0.05, 0.1) is 11.1 Å². The maximum atomic E-state index is 12.6. The topological polar surface area (TPSA) is 139 Å². The van der Waals surface area contributed by atoms with E-state index in [-0.39, 0.29) is 11.1 Å². The smallest absolute Gasteiger partial charge is 0.369 e. The average Bonchev–Trinajstić information content (AvgIpc) is 2.72. The second kappa shape index (κ2) is 8.97. The molecule has 2 aromatic rings. The Morgan fingerprint density at radius 1 is 0.742 bits per heavy atom. The van der Waals surface area contributed by atoms with Gasteiger partial charge in [-0.3, -0.25) is 5.32 Å². The molecule has 0 aliphatic heterocycles. The highest BCUT2D eigenvalue weighted by molar-refractivity contribution is 5.98. The summed E-state index contributed by atoms with van der Waals surface area (Å²) >= 11 is 0. The minimum Gasteiger partial charge on any atom is -0.478 e. The van der Waals surface area contributed by atoms with Crippen LogP contribution in [0.25, 0.3) is 0 Å². The van der Waals surface area contributed by atoms with E-state index in [0.29, 0.717) is 0 Å². The van der Waals surface area contributed by atoms with Gasteiger partial charge in [-0.25, -0.2) is 19.2 Å². The van der Waals surface area contributed by atoms with Gasteiger partial charge in [0.2, 0.25) is 0 Å². The summed E-state index contributed by atoms with van der Waals surface area (Å²) in [5, 5.41) is 21.9. The molecule has 0 spiro atoms. The Balaban J connectivity index is 2.49. The van der Waals surface area contributed by atoms with Gasteiger partial charge in [-0.15, -0.1) is 0 Å². The van der Waals surface area contributed by atoms with Crippen LogP contribution in [0.15, 0.2) is 48.5 Å². The lowest BCUT2D eigenvalue weighted by molar-refractivity contribution is -0.209. The third kappa shape index (κ3) is 4.56. The summed E-state index contributed by atoms with van der Waals surface area (Å²) in [6.45, 7) is 4.42. The van der Waals surface area contributed by atoms with E-state index in [4.69, 9.17) is 9.47 Å². The zero-order valence-corrected chi connectivity index (χ0v) is 17.5. The van der Waals surface area contributed by atoms with Crippen molar-refractivity contribution in [1.82, 2.24) is 5.32 Å². The number of carbonyl (C=O) groups excluding carboxylic acids is 2. The van der Waals surface area contributed by atoms with Crippen LogP contribution in [0, 0.1) is 13.8 Å². The van der Waals surface area contributed by atoms with Gasteiger partial charge in [-0.1, -0.05) is 35.4 Å². The van der Waals surface area contributed by atoms with Crippen LogP contribution in [0.5, 0.6) is 0 Å². The van der Waals surface area contributed by atoms with E-state index >= 15 is 0 Å². The number of esters is 2. The number of carboxylic acid groups (broad SMARTS) is 2. The molecular weight excluding hydrogens is 406 g/mol. The van der Waals surface area contributed by atoms with Crippen LogP contribution >= 0.6 is 0 Å². The molecule has 2 atom stereocenters. The summed E-state index contributed by atoms with van der Waals surface area (Å²) in [6, 6.07) is 12.0. The van der Waals surface area contributed by atoms with Gasteiger partial charge in [0.1, 0.15) is 0 Å². The summed E-state index contributed by atoms with van der Waals surface area (Å²) in [6.07, 6.45) is 0. The molecule has 0 saturated carbocycles. The normalized spacial score (nSPS) is 14.6. The highest BCUT2D eigenvalue weighted by atomic mass is 16.6. The molecular formula is C22H23NO8. The molecule has 9 nitrogen and oxygen atoms in total. The van der Waals surface area contributed by atoms with Crippen molar-refractivity contribution < 1.29 is 38.9 Å². The molecule has 0 amide bonds. The molecule has 3 N–H and O–H groups in total. The van der Waals surface area contributed by atoms with Crippen molar-refractivity contribution in [2.45, 2.75) is 32.1 Å². The predicted molar refractivity (Wildman–Crippen MR) is 109 cm³/mol. The molecule has 0 bridgehead atoms. The first-order chi connectivity index (χ1) is 14.5. The van der Waals surface area contributed by atoms with Gasteiger partial charge >= 0.3 is 29.6 Å². The summed E-state index contributed by atoms with van der Waals surface area (Å²) in [5.74, 6) is -5.91. The third-order valence-corrected chi connectivity index (χ3v) is 4.85. The number of benzene rings is 2. The Morgan fingerprint density at radius 2 is 1.13 bits per heavy atom. The van der Waals surface area contributed by atoms with Crippen molar-refractivity contribution in [1.29, 1.82) is 0 Å². The monoisotopic (exact) mass is 429 g/mol. The number of ether oxygens (including phenoxy) is 2. The molecule has 164 valence electrons. The van der Waals surface area contributed by atoms with Crippen LogP contribution in [-0.2, 0) is 19.1 Å². The zero-order valence-electron chi connectivity index (χ0n) is 17.5. The summed E-state index contributed by atoms with van der Waals surface area (Å²) in [4.78, 5) is 49.6. The second-order valence-corrected chi connectivity index (χ2v) is 7.09. The third-order valence-electron chi connectivity index (χ3n) is 4.85. The highest BCUT2D eigenvalue weighted by Crippen LogP contribution is 2.31. The quantitative estimate of drug-likeness (QED) is 0.425. The first kappa shape index (κ1) is 23.6. The SMILES string of the molecule is CN[C@@](OC(=O)c1ccc(C)cc1)(C(=O)O)C(C)(OC(=O)c1ccc(C)cc1)C(=O)O. The van der Waals surface area contributed by atoms with E-state index in [1.807, 2.05) is 0 Å².